The fraction of sp³-hybridized carbons (Fsp3) is 0.247. The Bertz CT molecular complexity index is 4830. The second kappa shape index (κ2) is 29.9. The number of hydrogen-bond donors (Lipinski definition) is 6. The van der Waals surface area contributed by atoms with Crippen molar-refractivity contribution in [3.05, 3.63) is 222 Å². The molecule has 0 radical (unpaired) electrons. The Labute approximate surface area is 584 Å². The van der Waals surface area contributed by atoms with Crippen molar-refractivity contribution in [2.24, 2.45) is 17.2 Å². The predicted octanol–water partition coefficient (Wildman–Crippen LogP) is 12.5. The quantitative estimate of drug-likeness (QED) is 0.0497. The van der Waals surface area contributed by atoms with Gasteiger partial charge in [0.1, 0.15) is 5.82 Å². The molecule has 3 saturated heterocycles. The summed E-state index contributed by atoms with van der Waals surface area (Å²) in [6.45, 7) is 21.0. The standard InChI is InChI=1S/C27H30N6O.C25H27FN6OS.C25H26N6O/c1-19(2)31-15-17-32(18-16-31)23-9-7-22(8-10-23)30-24-11-12-25(33-14-13-29-27(24)33)20-3-5-21(6-4-20)26(28)34;1-16(2)30-9-11-31(12-10-30)22-5-3-18(14-19(22)26)29-20-4-6-21(32-8-7-28-25(20)32)17-13-23(24(27)33)34-15-17;1-29-14-16-30(17-15-29)21-8-6-20(7-9-21)28-22-10-11-23(31-13-12-27-25(22)31)18-2-4-19(5-3-18)24(26)32/h3-14,19,30H,15-18H2,1-2H3,(H2,28,34);3-8,13-16,29H,9-12H2,1-2H3,(H2,27,33);2-13,28H,14-17H2,1H3,(H2,26,32). The van der Waals surface area contributed by atoms with Gasteiger partial charge in [0, 0.05) is 178 Å². The predicted molar refractivity (Wildman–Crippen MR) is 402 cm³/mol. The van der Waals surface area contributed by atoms with Crippen molar-refractivity contribution in [2.75, 3.05) is 116 Å². The number of anilines is 9. The number of pyridine rings is 3. The van der Waals surface area contributed by atoms with E-state index in [1.54, 1.807) is 48.9 Å². The zero-order chi connectivity index (χ0) is 69.6. The maximum Gasteiger partial charge on any atom is 0.258 e. The summed E-state index contributed by atoms with van der Waals surface area (Å²) in [4.78, 5) is 62.6. The van der Waals surface area contributed by atoms with Crippen LogP contribution in [0.5, 0.6) is 0 Å². The molecule has 9 N–H and O–H groups in total. The molecule has 3 fully saturated rings. The van der Waals surface area contributed by atoms with E-state index < -0.39 is 17.7 Å². The summed E-state index contributed by atoms with van der Waals surface area (Å²) < 4.78 is 21.1. The van der Waals surface area contributed by atoms with Gasteiger partial charge in [0.2, 0.25) is 11.8 Å². The Morgan fingerprint density at radius 2 is 0.810 bits per heavy atom. The molecule has 15 rings (SSSR count). The van der Waals surface area contributed by atoms with Crippen LogP contribution in [0.4, 0.5) is 55.6 Å². The zero-order valence-electron chi connectivity index (χ0n) is 56.8. The number of rotatable bonds is 17. The smallest absolute Gasteiger partial charge is 0.258 e. The lowest BCUT2D eigenvalue weighted by Gasteiger charge is -2.38. The van der Waals surface area contributed by atoms with E-state index in [9.17, 15) is 14.4 Å². The van der Waals surface area contributed by atoms with E-state index in [1.807, 2.05) is 97.8 Å². The zero-order valence-corrected chi connectivity index (χ0v) is 57.6. The number of nitrogens with zero attached hydrogens (tertiary/aromatic N) is 12. The lowest BCUT2D eigenvalue weighted by molar-refractivity contribution is 0.0992. The number of piperazine rings is 3. The van der Waals surface area contributed by atoms with Crippen LogP contribution in [0, 0.1) is 5.82 Å². The molecule has 3 aliphatic rings. The first-order valence-corrected chi connectivity index (χ1v) is 34.7. The van der Waals surface area contributed by atoms with Gasteiger partial charge >= 0.3 is 0 Å². The van der Waals surface area contributed by atoms with Gasteiger partial charge in [-0.15, -0.1) is 11.3 Å². The van der Waals surface area contributed by atoms with Crippen LogP contribution in [-0.2, 0) is 0 Å². The van der Waals surface area contributed by atoms with Gasteiger partial charge in [-0.1, -0.05) is 24.3 Å². The van der Waals surface area contributed by atoms with Gasteiger partial charge in [-0.3, -0.25) is 37.4 Å². The Balaban J connectivity index is 0.000000134. The first-order chi connectivity index (χ1) is 48.5. The van der Waals surface area contributed by atoms with Crippen LogP contribution >= 0.6 is 11.3 Å². The van der Waals surface area contributed by atoms with Crippen LogP contribution in [0.1, 0.15) is 58.1 Å². The molecule has 0 saturated carbocycles. The lowest BCUT2D eigenvalue weighted by atomic mass is 10.1. The van der Waals surface area contributed by atoms with Gasteiger partial charge in [-0.25, -0.2) is 19.3 Å². The van der Waals surface area contributed by atoms with Crippen molar-refractivity contribution in [1.29, 1.82) is 0 Å². The number of fused-ring (bicyclic) bond motifs is 3. The third-order valence-electron chi connectivity index (χ3n) is 18.9. The summed E-state index contributed by atoms with van der Waals surface area (Å²) in [6.07, 6.45) is 11.0. The van der Waals surface area contributed by atoms with Crippen molar-refractivity contribution in [1.82, 2.24) is 42.9 Å². The molecule has 3 aliphatic heterocycles. The molecular weight excluding hydrogens is 1280 g/mol. The maximum atomic E-state index is 15.0. The van der Waals surface area contributed by atoms with Gasteiger partial charge in [0.05, 0.1) is 44.7 Å². The number of likely N-dealkylation sites (N-methyl/N-ethyl adjacent to an activating group) is 1. The fourth-order valence-corrected chi connectivity index (χ4v) is 13.9. The SMILES string of the molecule is CC(C)N1CCN(c2ccc(Nc3ccc(-c4ccc(C(N)=O)cc4)n4ccnc34)cc2)CC1.CC(C)N1CCN(c2ccc(Nc3ccc(-c4csc(C(N)=O)c4)n4ccnc34)cc2F)CC1.CN1CCN(c2ccc(Nc3ccc(-c4ccc(C(N)=O)cc4)n4ccnc34)cc2)CC1. The summed E-state index contributed by atoms with van der Waals surface area (Å²) in [5, 5.41) is 12.2. The molecular formula is C77H83FN18O3S. The van der Waals surface area contributed by atoms with E-state index in [2.05, 4.69) is 156 Å². The van der Waals surface area contributed by atoms with E-state index in [0.717, 1.165) is 152 Å². The number of nitrogens with two attached hydrogens (primary N) is 3. The van der Waals surface area contributed by atoms with Crippen molar-refractivity contribution in [2.45, 2.75) is 39.8 Å². The summed E-state index contributed by atoms with van der Waals surface area (Å²) in [7, 11) is 2.17. The molecule has 3 amide bonds. The normalized spacial score (nSPS) is 14.7. The van der Waals surface area contributed by atoms with Crippen molar-refractivity contribution in [3.8, 4) is 33.8 Å². The first-order valence-electron chi connectivity index (χ1n) is 33.8. The number of imidazole rings is 3. The highest BCUT2D eigenvalue weighted by molar-refractivity contribution is 7.12. The van der Waals surface area contributed by atoms with E-state index >= 15 is 4.39 Å². The Morgan fingerprint density at radius 1 is 0.430 bits per heavy atom. The highest BCUT2D eigenvalue weighted by atomic mass is 32.1. The van der Waals surface area contributed by atoms with E-state index in [1.165, 1.54) is 28.8 Å². The topological polar surface area (TPSA) is 237 Å². The minimum Gasteiger partial charge on any atom is -0.369 e. The van der Waals surface area contributed by atoms with Crippen LogP contribution in [0.2, 0.25) is 0 Å². The molecule has 7 aromatic heterocycles. The summed E-state index contributed by atoms with van der Waals surface area (Å²) in [6, 6.07) is 52.0. The number of amides is 3. The first kappa shape index (κ1) is 67.5. The van der Waals surface area contributed by atoms with Gasteiger partial charge in [-0.2, -0.15) is 0 Å². The van der Waals surface area contributed by atoms with Crippen molar-refractivity contribution >= 4 is 97.2 Å². The molecule has 0 bridgehead atoms. The second-order valence-electron chi connectivity index (χ2n) is 25.9. The minimum absolute atomic E-state index is 0.240. The molecule has 12 aromatic rings. The van der Waals surface area contributed by atoms with E-state index in [-0.39, 0.29) is 5.82 Å². The van der Waals surface area contributed by atoms with Crippen LogP contribution in [0.15, 0.2) is 200 Å². The third-order valence-corrected chi connectivity index (χ3v) is 19.8. The van der Waals surface area contributed by atoms with Crippen LogP contribution in [0.3, 0.4) is 0 Å². The Morgan fingerprint density at radius 3 is 1.19 bits per heavy atom. The second-order valence-corrected chi connectivity index (χ2v) is 26.8. The van der Waals surface area contributed by atoms with Gasteiger partial charge in [0.25, 0.3) is 5.91 Å². The number of halogens is 1. The number of carbonyl (C=O) groups is 3. The molecule has 100 heavy (non-hydrogen) atoms. The molecule has 23 heteroatoms. The number of hydrogen-bond acceptors (Lipinski definition) is 16. The monoisotopic (exact) mass is 1360 g/mol. The maximum absolute atomic E-state index is 15.0. The number of thiophene rings is 1. The highest BCUT2D eigenvalue weighted by Gasteiger charge is 2.24. The summed E-state index contributed by atoms with van der Waals surface area (Å²) in [5.41, 5.74) is 33.7. The third kappa shape index (κ3) is 15.1. The molecule has 512 valence electrons. The fourth-order valence-electron chi connectivity index (χ4n) is 13.1. The Kier molecular flexibility index (Phi) is 20.2. The van der Waals surface area contributed by atoms with Gasteiger partial charge in [-0.05, 0) is 179 Å². The molecule has 0 unspecified atom stereocenters. The minimum atomic E-state index is -0.441. The van der Waals surface area contributed by atoms with Crippen molar-refractivity contribution < 1.29 is 18.8 Å². The number of aromatic nitrogens is 6. The van der Waals surface area contributed by atoms with E-state index in [4.69, 9.17) is 17.2 Å². The molecule has 0 atom stereocenters. The van der Waals surface area contributed by atoms with Crippen LogP contribution in [0.25, 0.3) is 50.7 Å². The number of primary amides is 3. The average molecular weight is 1360 g/mol. The average Bonchev–Trinajstić information content (AvgIpc) is 1.58. The number of carbonyl (C=O) groups excluding carboxylic acids is 3. The van der Waals surface area contributed by atoms with Crippen molar-refractivity contribution in [3.63, 3.8) is 0 Å². The summed E-state index contributed by atoms with van der Waals surface area (Å²) >= 11 is 1.31. The van der Waals surface area contributed by atoms with Gasteiger partial charge < -0.3 is 52.8 Å². The number of nitrogens with one attached hydrogen (secondary N) is 3. The molecule has 10 heterocycles. The highest BCUT2D eigenvalue weighted by Crippen LogP contribution is 2.35. The molecule has 0 aliphatic carbocycles. The number of benzene rings is 5. The van der Waals surface area contributed by atoms with Crippen LogP contribution < -0.4 is 47.9 Å². The molecule has 5 aromatic carbocycles. The molecule has 21 nitrogen and oxygen atoms in total. The molecule has 0 spiro atoms. The Hall–Kier alpha value is -11.1. The largest absolute Gasteiger partial charge is 0.369 e. The van der Waals surface area contributed by atoms with E-state index in [0.29, 0.717) is 45.1 Å². The lowest BCUT2D eigenvalue weighted by Crippen LogP contribution is -2.49. The van der Waals surface area contributed by atoms with Crippen LogP contribution in [-0.4, -0.2) is 158 Å². The summed E-state index contributed by atoms with van der Waals surface area (Å²) in [5.74, 6) is -1.54. The van der Waals surface area contributed by atoms with Gasteiger partial charge in [0.15, 0.2) is 16.9 Å².